The average Bonchev–Trinajstić information content (AvgIpc) is 2.39. The van der Waals surface area contributed by atoms with Gasteiger partial charge in [0.15, 0.2) is 0 Å². The second-order valence-electron chi connectivity index (χ2n) is 5.38. The van der Waals surface area contributed by atoms with Crippen LogP contribution in [0.3, 0.4) is 0 Å². The van der Waals surface area contributed by atoms with Crippen molar-refractivity contribution in [3.63, 3.8) is 0 Å². The molecule has 2 aliphatic rings. The highest BCUT2D eigenvalue weighted by Crippen LogP contribution is 2.44. The molecule has 1 atom stereocenters. The molecule has 0 bridgehead atoms. The van der Waals surface area contributed by atoms with Gasteiger partial charge in [0.2, 0.25) is 0 Å². The number of urea groups is 1. The molecule has 5 heteroatoms. The van der Waals surface area contributed by atoms with Crippen LogP contribution in [0.25, 0.3) is 0 Å². The number of nitrogens with one attached hydrogen (secondary N) is 1. The molecule has 2 saturated heterocycles. The zero-order valence-electron chi connectivity index (χ0n) is 10.3. The highest BCUT2D eigenvalue weighted by molar-refractivity contribution is 6.07. The van der Waals surface area contributed by atoms with Crippen LogP contribution in [0.5, 0.6) is 0 Å². The molecule has 2 heterocycles. The summed E-state index contributed by atoms with van der Waals surface area (Å²) in [6, 6.07) is -0.194. The van der Waals surface area contributed by atoms with E-state index in [1.807, 2.05) is 13.8 Å². The van der Waals surface area contributed by atoms with Crippen molar-refractivity contribution in [1.82, 2.24) is 15.1 Å². The Kier molecular flexibility index (Phi) is 2.28. The van der Waals surface area contributed by atoms with Gasteiger partial charge in [-0.25, -0.2) is 4.79 Å². The Balaban J connectivity index is 2.51. The van der Waals surface area contributed by atoms with Crippen LogP contribution < -0.4 is 5.32 Å². The van der Waals surface area contributed by atoms with Gasteiger partial charge in [0.05, 0.1) is 0 Å². The molecule has 3 amide bonds. The molecule has 0 saturated carbocycles. The van der Waals surface area contributed by atoms with E-state index in [1.165, 1.54) is 4.90 Å². The number of amides is 3. The molecule has 0 aromatic rings. The van der Waals surface area contributed by atoms with E-state index >= 15 is 0 Å². The highest BCUT2D eigenvalue weighted by atomic mass is 16.2. The lowest BCUT2D eigenvalue weighted by molar-refractivity contribution is -0.139. The molecular weight excluding hydrogens is 206 g/mol. The molecule has 2 aliphatic heterocycles. The smallest absolute Gasteiger partial charge is 0.316 e. The predicted molar refractivity (Wildman–Crippen MR) is 59.9 cm³/mol. The van der Waals surface area contributed by atoms with Crippen molar-refractivity contribution in [2.45, 2.75) is 25.8 Å². The fraction of sp³-hybridized carbons (Fsp3) is 0.818. The van der Waals surface area contributed by atoms with Crippen LogP contribution in [0, 0.1) is 5.41 Å². The van der Waals surface area contributed by atoms with Crippen molar-refractivity contribution in [1.29, 1.82) is 0 Å². The molecule has 0 radical (unpaired) electrons. The molecule has 1 unspecified atom stereocenters. The predicted octanol–water partition coefficient (Wildman–Crippen LogP) is 0.268. The van der Waals surface area contributed by atoms with E-state index < -0.39 is 5.54 Å². The molecular formula is C11H19N3O2. The van der Waals surface area contributed by atoms with Crippen molar-refractivity contribution in [2.24, 2.45) is 5.41 Å². The lowest BCUT2D eigenvalue weighted by Gasteiger charge is -2.49. The van der Waals surface area contributed by atoms with Crippen LogP contribution in [0.1, 0.15) is 20.3 Å². The van der Waals surface area contributed by atoms with E-state index in [2.05, 4.69) is 5.32 Å². The summed E-state index contributed by atoms with van der Waals surface area (Å²) in [4.78, 5) is 27.1. The number of hydrogen-bond acceptors (Lipinski definition) is 3. The van der Waals surface area contributed by atoms with Gasteiger partial charge in [-0.05, 0) is 13.0 Å². The van der Waals surface area contributed by atoms with E-state index in [-0.39, 0.29) is 17.4 Å². The van der Waals surface area contributed by atoms with Crippen molar-refractivity contribution in [3.8, 4) is 0 Å². The van der Waals surface area contributed by atoms with E-state index in [4.69, 9.17) is 0 Å². The van der Waals surface area contributed by atoms with Crippen molar-refractivity contribution < 1.29 is 9.59 Å². The summed E-state index contributed by atoms with van der Waals surface area (Å²) in [5, 5.41) is 3.29. The molecule has 0 aromatic carbocycles. The third-order valence-electron chi connectivity index (χ3n) is 4.16. The average molecular weight is 225 g/mol. The van der Waals surface area contributed by atoms with Gasteiger partial charge < -0.3 is 10.2 Å². The van der Waals surface area contributed by atoms with Crippen LogP contribution in [-0.4, -0.2) is 54.5 Å². The Morgan fingerprint density at radius 1 is 1.25 bits per heavy atom. The molecule has 16 heavy (non-hydrogen) atoms. The summed E-state index contributed by atoms with van der Waals surface area (Å²) in [5.74, 6) is -0.0634. The number of nitrogens with zero attached hydrogens (tertiary/aromatic N) is 2. The van der Waals surface area contributed by atoms with Crippen LogP contribution in [0.4, 0.5) is 4.79 Å². The number of piperidine rings is 1. The van der Waals surface area contributed by atoms with Crippen LogP contribution in [-0.2, 0) is 4.79 Å². The number of hydrogen-bond donors (Lipinski definition) is 1. The van der Waals surface area contributed by atoms with E-state index in [0.29, 0.717) is 6.42 Å². The summed E-state index contributed by atoms with van der Waals surface area (Å²) in [6.45, 7) is 5.62. The van der Waals surface area contributed by atoms with Crippen LogP contribution >= 0.6 is 0 Å². The minimum atomic E-state index is -0.663. The normalized spacial score (nSPS) is 34.0. The maximum Gasteiger partial charge on any atom is 0.327 e. The van der Waals surface area contributed by atoms with E-state index in [0.717, 1.165) is 13.1 Å². The lowest BCUT2D eigenvalue weighted by atomic mass is 9.67. The molecule has 0 aromatic heterocycles. The fourth-order valence-electron chi connectivity index (χ4n) is 3.07. The van der Waals surface area contributed by atoms with E-state index in [9.17, 15) is 9.59 Å². The number of rotatable bonds is 0. The zero-order valence-corrected chi connectivity index (χ0v) is 10.3. The molecule has 2 rings (SSSR count). The quantitative estimate of drug-likeness (QED) is 0.602. The number of carbonyl (C=O) groups is 2. The Labute approximate surface area is 95.8 Å². The minimum absolute atomic E-state index is 0.0634. The fourth-order valence-corrected chi connectivity index (χ4v) is 3.07. The van der Waals surface area contributed by atoms with Gasteiger partial charge in [-0.1, -0.05) is 13.8 Å². The Morgan fingerprint density at radius 2 is 1.88 bits per heavy atom. The molecule has 90 valence electrons. The molecule has 5 nitrogen and oxygen atoms in total. The lowest BCUT2D eigenvalue weighted by Crippen LogP contribution is -2.65. The van der Waals surface area contributed by atoms with Crippen molar-refractivity contribution in [2.75, 3.05) is 27.2 Å². The summed E-state index contributed by atoms with van der Waals surface area (Å²) < 4.78 is 0. The first-order valence-electron chi connectivity index (χ1n) is 5.61. The van der Waals surface area contributed by atoms with Gasteiger partial charge in [-0.2, -0.15) is 0 Å². The molecule has 2 fully saturated rings. The number of likely N-dealkylation sites (N-methyl/N-ethyl adjacent to an activating group) is 2. The maximum absolute atomic E-state index is 12.4. The number of carbonyl (C=O) groups excluding carboxylic acids is 2. The SMILES string of the molecule is CN1C(=O)N(C)C2(CCNCC2(C)C)C1=O. The standard InChI is InChI=1S/C11H19N3O2/c1-10(2)7-12-6-5-11(10)8(15)13(3)9(16)14(11)4/h12H,5-7H2,1-4H3. The van der Waals surface area contributed by atoms with Gasteiger partial charge in [0.1, 0.15) is 5.54 Å². The Bertz CT molecular complexity index is 353. The van der Waals surface area contributed by atoms with Crippen molar-refractivity contribution >= 4 is 11.9 Å². The number of imide groups is 1. The van der Waals surface area contributed by atoms with Gasteiger partial charge in [0.25, 0.3) is 5.91 Å². The second kappa shape index (κ2) is 3.20. The largest absolute Gasteiger partial charge is 0.327 e. The third kappa shape index (κ3) is 1.09. The monoisotopic (exact) mass is 225 g/mol. The zero-order chi connectivity index (χ0) is 12.1. The summed E-state index contributed by atoms with van der Waals surface area (Å²) in [6.07, 6.45) is 0.686. The van der Waals surface area contributed by atoms with Gasteiger partial charge in [0, 0.05) is 26.1 Å². The second-order valence-corrected chi connectivity index (χ2v) is 5.38. The van der Waals surface area contributed by atoms with Gasteiger partial charge >= 0.3 is 6.03 Å². The first-order chi connectivity index (χ1) is 7.34. The minimum Gasteiger partial charge on any atom is -0.316 e. The maximum atomic E-state index is 12.4. The first kappa shape index (κ1) is 11.4. The van der Waals surface area contributed by atoms with Crippen LogP contribution in [0.2, 0.25) is 0 Å². The van der Waals surface area contributed by atoms with Crippen molar-refractivity contribution in [3.05, 3.63) is 0 Å². The summed E-state index contributed by atoms with van der Waals surface area (Å²) in [7, 11) is 3.30. The third-order valence-corrected chi connectivity index (χ3v) is 4.16. The van der Waals surface area contributed by atoms with Gasteiger partial charge in [-0.15, -0.1) is 0 Å². The van der Waals surface area contributed by atoms with Gasteiger partial charge in [-0.3, -0.25) is 9.69 Å². The topological polar surface area (TPSA) is 52.7 Å². The Morgan fingerprint density at radius 3 is 2.31 bits per heavy atom. The van der Waals surface area contributed by atoms with Crippen LogP contribution in [0.15, 0.2) is 0 Å². The summed E-state index contributed by atoms with van der Waals surface area (Å²) >= 11 is 0. The highest BCUT2D eigenvalue weighted by Gasteiger charge is 2.62. The summed E-state index contributed by atoms with van der Waals surface area (Å²) in [5.41, 5.74) is -0.901. The molecule has 0 aliphatic carbocycles. The first-order valence-corrected chi connectivity index (χ1v) is 5.61. The van der Waals surface area contributed by atoms with E-state index in [1.54, 1.807) is 19.0 Å². The Hall–Kier alpha value is -1.10. The molecule has 1 spiro atoms. The molecule has 1 N–H and O–H groups in total.